The van der Waals surface area contributed by atoms with Crippen molar-refractivity contribution in [3.05, 3.63) is 47.5 Å². The van der Waals surface area contributed by atoms with Gasteiger partial charge < -0.3 is 15.6 Å². The van der Waals surface area contributed by atoms with Crippen molar-refractivity contribution in [1.82, 2.24) is 0 Å². The fraction of sp³-hybridized carbons (Fsp3) is 0.235. The van der Waals surface area contributed by atoms with Crippen molar-refractivity contribution in [2.75, 3.05) is 12.8 Å². The van der Waals surface area contributed by atoms with Crippen molar-refractivity contribution >= 4 is 31.9 Å². The summed E-state index contributed by atoms with van der Waals surface area (Å²) in [5, 5.41) is 9.40. The fourth-order valence-electron chi connectivity index (χ4n) is 1.77. The molecular formula is C17H21AcBrN2O2. The number of hydrogen-bond acceptors (Lipinski definition) is 4. The first-order chi connectivity index (χ1) is 10.5. The number of nitrogens with two attached hydrogens (primary N) is 1. The van der Waals surface area contributed by atoms with Crippen LogP contribution in [0.4, 0.5) is 11.4 Å². The number of halogens is 1. The molecule has 0 fully saturated rings. The van der Waals surface area contributed by atoms with E-state index >= 15 is 0 Å². The summed E-state index contributed by atoms with van der Waals surface area (Å²) in [6.07, 6.45) is 0. The summed E-state index contributed by atoms with van der Waals surface area (Å²) in [6, 6.07) is 10.4. The van der Waals surface area contributed by atoms with Gasteiger partial charge in [0.05, 0.1) is 12.8 Å². The largest absolute Gasteiger partial charge is 0.508 e. The molecule has 121 valence electrons. The van der Waals surface area contributed by atoms with Crippen LogP contribution in [0.25, 0.3) is 0 Å². The summed E-state index contributed by atoms with van der Waals surface area (Å²) in [5.41, 5.74) is 8.96. The van der Waals surface area contributed by atoms with Crippen LogP contribution in [0.15, 0.2) is 41.4 Å². The van der Waals surface area contributed by atoms with Gasteiger partial charge >= 0.3 is 0 Å². The zero-order chi connectivity index (χ0) is 16.7. The van der Waals surface area contributed by atoms with Crippen LogP contribution < -0.4 is 10.5 Å². The number of methoxy groups -OCH3 is 1. The van der Waals surface area contributed by atoms with Gasteiger partial charge in [-0.1, -0.05) is 13.8 Å². The minimum atomic E-state index is 0. The Morgan fingerprint density at radius 3 is 2.39 bits per heavy atom. The van der Waals surface area contributed by atoms with Crippen LogP contribution in [0.1, 0.15) is 25.0 Å². The van der Waals surface area contributed by atoms with Gasteiger partial charge in [-0.25, -0.2) is 4.99 Å². The van der Waals surface area contributed by atoms with Crippen LogP contribution >= 0.6 is 15.9 Å². The van der Waals surface area contributed by atoms with Crippen LogP contribution in [0.3, 0.4) is 0 Å². The second kappa shape index (κ2) is 11.1. The van der Waals surface area contributed by atoms with E-state index in [1.165, 1.54) is 0 Å². The van der Waals surface area contributed by atoms with Crippen molar-refractivity contribution in [3.8, 4) is 11.5 Å². The number of hydrogen-bond donors (Lipinski definition) is 2. The number of phenols is 1. The second-order valence-corrected chi connectivity index (χ2v) is 5.08. The third-order valence-electron chi connectivity index (χ3n) is 2.88. The van der Waals surface area contributed by atoms with Crippen LogP contribution in [-0.2, 0) is 0 Å². The predicted octanol–water partition coefficient (Wildman–Crippen LogP) is 4.79. The molecule has 0 bridgehead atoms. The first-order valence-electron chi connectivity index (χ1n) is 6.99. The Bertz CT molecular complexity index is 676. The normalized spacial score (nSPS) is 10.2. The summed E-state index contributed by atoms with van der Waals surface area (Å²) >= 11 is 3.44. The third kappa shape index (κ3) is 6.45. The topological polar surface area (TPSA) is 67.8 Å². The molecule has 0 unspecified atom stereocenters. The quantitative estimate of drug-likeness (QED) is 0.398. The number of anilines is 1. The molecule has 0 aliphatic rings. The molecule has 2 aromatic carbocycles. The number of aryl methyl sites for hydroxylation is 1. The number of ether oxygens (including phenoxy) is 1. The predicted molar refractivity (Wildman–Crippen MR) is 96.7 cm³/mol. The maximum absolute atomic E-state index is 9.40. The number of aliphatic imine (C=N–C) groups is 1. The number of aromatic hydroxyl groups is 1. The van der Waals surface area contributed by atoms with E-state index in [-0.39, 0.29) is 49.8 Å². The van der Waals surface area contributed by atoms with Crippen LogP contribution in [0, 0.1) is 51.0 Å². The van der Waals surface area contributed by atoms with Gasteiger partial charge in [-0.05, 0) is 64.8 Å². The zero-order valence-corrected chi connectivity index (χ0v) is 20.1. The maximum atomic E-state index is 9.40. The summed E-state index contributed by atoms with van der Waals surface area (Å²) in [4.78, 5) is 4.49. The number of phenolic OH excluding ortho intramolecular Hbond substituents is 1. The standard InChI is InChI=1S/C15H15BrN2O2.C2H6.Ac/c1-9-7-10(19)3-6-14(9)18-15(16)12-8-11(20-2)4-5-13(12)17;1-2;/h3-8,19H,17H2,1-2H3;1-2H3;. The second-order valence-electron chi connectivity index (χ2n) is 4.33. The number of nitrogen functional groups attached to an aromatic ring is 1. The van der Waals surface area contributed by atoms with Crippen molar-refractivity contribution < 1.29 is 53.9 Å². The Hall–Kier alpha value is -0.568. The molecule has 0 heterocycles. The Labute approximate surface area is 181 Å². The molecular weight excluding hydrogens is 571 g/mol. The van der Waals surface area contributed by atoms with Crippen molar-refractivity contribution in [1.29, 1.82) is 0 Å². The minimum Gasteiger partial charge on any atom is -0.508 e. The Morgan fingerprint density at radius 2 is 1.83 bits per heavy atom. The van der Waals surface area contributed by atoms with E-state index in [2.05, 4.69) is 20.9 Å². The van der Waals surface area contributed by atoms with Crippen molar-refractivity contribution in [2.45, 2.75) is 20.8 Å². The van der Waals surface area contributed by atoms with Gasteiger partial charge in [0.2, 0.25) is 0 Å². The molecule has 0 atom stereocenters. The van der Waals surface area contributed by atoms with Gasteiger partial charge in [-0.2, -0.15) is 0 Å². The van der Waals surface area contributed by atoms with E-state index in [1.807, 2.05) is 26.8 Å². The van der Waals surface area contributed by atoms with E-state index in [4.69, 9.17) is 10.5 Å². The molecule has 1 radical (unpaired) electrons. The third-order valence-corrected chi connectivity index (χ3v) is 3.49. The monoisotopic (exact) mass is 591 g/mol. The van der Waals surface area contributed by atoms with E-state index < -0.39 is 0 Å². The van der Waals surface area contributed by atoms with Crippen molar-refractivity contribution in [3.63, 3.8) is 0 Å². The van der Waals surface area contributed by atoms with Crippen LogP contribution in [0.5, 0.6) is 11.5 Å². The van der Waals surface area contributed by atoms with Crippen molar-refractivity contribution in [2.24, 2.45) is 4.99 Å². The smallest absolute Gasteiger partial charge is 0.119 e. The molecule has 0 amide bonds. The summed E-state index contributed by atoms with van der Waals surface area (Å²) in [5.74, 6) is 0.933. The molecule has 0 saturated carbocycles. The van der Waals surface area contributed by atoms with Gasteiger partial charge in [0, 0.05) is 55.3 Å². The van der Waals surface area contributed by atoms with Gasteiger partial charge in [0.15, 0.2) is 0 Å². The van der Waals surface area contributed by atoms with E-state index in [0.29, 0.717) is 16.1 Å². The van der Waals surface area contributed by atoms with E-state index in [0.717, 1.165) is 16.8 Å². The number of rotatable bonds is 3. The molecule has 0 spiro atoms. The molecule has 0 aliphatic heterocycles. The molecule has 0 saturated heterocycles. The molecule has 2 rings (SSSR count). The van der Waals surface area contributed by atoms with E-state index in [9.17, 15) is 5.11 Å². The molecule has 2 aromatic rings. The molecule has 6 heteroatoms. The zero-order valence-electron chi connectivity index (χ0n) is 13.8. The summed E-state index contributed by atoms with van der Waals surface area (Å²) in [6.45, 7) is 5.88. The molecule has 0 aromatic heterocycles. The first kappa shape index (κ1) is 22.4. The molecule has 0 aliphatic carbocycles. The summed E-state index contributed by atoms with van der Waals surface area (Å²) < 4.78 is 5.80. The number of benzene rings is 2. The average molecular weight is 592 g/mol. The first-order valence-corrected chi connectivity index (χ1v) is 7.78. The van der Waals surface area contributed by atoms with Gasteiger partial charge in [0.1, 0.15) is 16.1 Å². The van der Waals surface area contributed by atoms with Gasteiger partial charge in [-0.15, -0.1) is 0 Å². The molecule has 4 nitrogen and oxygen atoms in total. The molecule has 23 heavy (non-hydrogen) atoms. The summed E-state index contributed by atoms with van der Waals surface area (Å²) in [7, 11) is 1.60. The number of nitrogens with zero attached hydrogens (tertiary/aromatic N) is 1. The Kier molecular flexibility index (Phi) is 10.8. The van der Waals surface area contributed by atoms with Crippen LogP contribution in [-0.4, -0.2) is 16.8 Å². The maximum Gasteiger partial charge on any atom is 0.119 e. The van der Waals surface area contributed by atoms with Gasteiger partial charge in [-0.3, -0.25) is 0 Å². The van der Waals surface area contributed by atoms with E-state index in [1.54, 1.807) is 37.4 Å². The average Bonchev–Trinajstić information content (AvgIpc) is 2.52. The Balaban J connectivity index is 0.00000155. The van der Waals surface area contributed by atoms with Crippen LogP contribution in [0.2, 0.25) is 0 Å². The molecule has 3 N–H and O–H groups in total. The Morgan fingerprint density at radius 1 is 1.17 bits per heavy atom. The van der Waals surface area contributed by atoms with Gasteiger partial charge in [0.25, 0.3) is 0 Å². The SMILES string of the molecule is CC.COc1ccc(N)c(C(Br)=Nc2ccc(O)cc2C)c1.[Ac]. The minimum absolute atomic E-state index is 0. The fourth-order valence-corrected chi connectivity index (χ4v) is 2.31.